The van der Waals surface area contributed by atoms with Crippen LogP contribution >= 0.6 is 0 Å². The van der Waals surface area contributed by atoms with Crippen LogP contribution in [0.3, 0.4) is 0 Å². The van der Waals surface area contributed by atoms with E-state index in [1.165, 1.54) is 0 Å². The van der Waals surface area contributed by atoms with Crippen molar-refractivity contribution in [3.05, 3.63) is 36.8 Å². The molecule has 0 aliphatic carbocycles. The molecule has 0 unspecified atom stereocenters. The molecule has 0 spiro atoms. The Morgan fingerprint density at radius 2 is 1.76 bits per heavy atom. The summed E-state index contributed by atoms with van der Waals surface area (Å²) in [4.78, 5) is 29.1. The molecule has 2 aromatic rings. The highest BCUT2D eigenvalue weighted by Gasteiger charge is 2.23. The Hall–Kier alpha value is -2.90. The Labute approximate surface area is 146 Å². The number of anilines is 2. The molecule has 8 heteroatoms. The number of nitrogens with zero attached hydrogens (tertiary/aromatic N) is 5. The van der Waals surface area contributed by atoms with E-state index in [0.717, 1.165) is 0 Å². The molecule has 0 atom stereocenters. The van der Waals surface area contributed by atoms with Crippen LogP contribution in [0.25, 0.3) is 0 Å². The molecule has 1 fully saturated rings. The summed E-state index contributed by atoms with van der Waals surface area (Å²) >= 11 is 0. The van der Waals surface area contributed by atoms with Crippen LogP contribution in [0.4, 0.5) is 16.4 Å². The van der Waals surface area contributed by atoms with Gasteiger partial charge in [-0.15, -0.1) is 0 Å². The molecule has 3 heterocycles. The highest BCUT2D eigenvalue weighted by molar-refractivity contribution is 5.90. The van der Waals surface area contributed by atoms with Gasteiger partial charge in [-0.25, -0.2) is 19.7 Å². The van der Waals surface area contributed by atoms with Crippen LogP contribution in [0.2, 0.25) is 0 Å². The normalized spacial score (nSPS) is 14.5. The average Bonchev–Trinajstić information content (AvgIpc) is 2.64. The van der Waals surface area contributed by atoms with Crippen molar-refractivity contribution in [1.29, 1.82) is 0 Å². The third kappa shape index (κ3) is 4.34. The van der Waals surface area contributed by atoms with Gasteiger partial charge in [0.1, 0.15) is 5.69 Å². The van der Waals surface area contributed by atoms with Crippen LogP contribution in [0.5, 0.6) is 5.88 Å². The first-order chi connectivity index (χ1) is 12.1. The summed E-state index contributed by atoms with van der Waals surface area (Å²) < 4.78 is 5.64. The number of hydrogen-bond donors (Lipinski definition) is 1. The maximum Gasteiger partial charge on any atom is 0.322 e. The summed E-state index contributed by atoms with van der Waals surface area (Å²) in [7, 11) is 0. The lowest BCUT2D eigenvalue weighted by Crippen LogP contribution is -2.50. The van der Waals surface area contributed by atoms with Gasteiger partial charge in [-0.1, -0.05) is 0 Å². The number of amides is 2. The van der Waals surface area contributed by atoms with Crippen molar-refractivity contribution in [2.75, 3.05) is 36.4 Å². The quantitative estimate of drug-likeness (QED) is 0.915. The first-order valence-corrected chi connectivity index (χ1v) is 8.33. The number of rotatable bonds is 4. The van der Waals surface area contributed by atoms with Crippen molar-refractivity contribution in [2.45, 2.75) is 20.0 Å². The van der Waals surface area contributed by atoms with E-state index < -0.39 is 0 Å². The van der Waals surface area contributed by atoms with Gasteiger partial charge in [-0.05, 0) is 32.0 Å². The van der Waals surface area contributed by atoms with Crippen molar-refractivity contribution >= 4 is 17.7 Å². The third-order valence-electron chi connectivity index (χ3n) is 3.76. The van der Waals surface area contributed by atoms with E-state index in [1.54, 1.807) is 41.7 Å². The van der Waals surface area contributed by atoms with Gasteiger partial charge in [0, 0.05) is 44.8 Å². The van der Waals surface area contributed by atoms with Gasteiger partial charge in [0.05, 0.1) is 6.10 Å². The molecule has 0 bridgehead atoms. The monoisotopic (exact) mass is 342 g/mol. The van der Waals surface area contributed by atoms with Crippen molar-refractivity contribution in [3.8, 4) is 5.88 Å². The predicted molar refractivity (Wildman–Crippen MR) is 94.8 cm³/mol. The molecule has 1 aliphatic rings. The zero-order valence-electron chi connectivity index (χ0n) is 14.4. The fraction of sp³-hybridized carbons (Fsp3) is 0.412. The van der Waals surface area contributed by atoms with Crippen molar-refractivity contribution in [3.63, 3.8) is 0 Å². The van der Waals surface area contributed by atoms with Crippen LogP contribution in [-0.2, 0) is 0 Å². The second-order valence-electron chi connectivity index (χ2n) is 5.98. The molecule has 25 heavy (non-hydrogen) atoms. The van der Waals surface area contributed by atoms with Gasteiger partial charge in [0.25, 0.3) is 0 Å². The number of urea groups is 1. The van der Waals surface area contributed by atoms with E-state index in [0.29, 0.717) is 43.7 Å². The highest BCUT2D eigenvalue weighted by atomic mass is 16.5. The van der Waals surface area contributed by atoms with Gasteiger partial charge >= 0.3 is 6.03 Å². The lowest BCUT2D eigenvalue weighted by Gasteiger charge is -2.34. The standard InChI is InChI=1S/C17H22N6O2/c1-13(2)25-15-14(5-3-6-18-15)21-17(24)23-11-9-22(10-12-23)16-19-7-4-8-20-16/h3-8,13H,9-12H2,1-2H3,(H,21,24). The van der Waals surface area contributed by atoms with E-state index in [2.05, 4.69) is 25.2 Å². The minimum atomic E-state index is -0.157. The molecular formula is C17H22N6O2. The average molecular weight is 342 g/mol. The smallest absolute Gasteiger partial charge is 0.322 e. The molecule has 0 radical (unpaired) electrons. The van der Waals surface area contributed by atoms with Gasteiger partial charge in [-0.3, -0.25) is 0 Å². The van der Waals surface area contributed by atoms with Gasteiger partial charge in [0.2, 0.25) is 11.8 Å². The number of carbonyl (C=O) groups excluding carboxylic acids is 1. The maximum atomic E-state index is 12.5. The molecule has 1 aliphatic heterocycles. The van der Waals surface area contributed by atoms with Gasteiger partial charge in [0.15, 0.2) is 0 Å². The van der Waals surface area contributed by atoms with Crippen molar-refractivity contribution in [1.82, 2.24) is 19.9 Å². The van der Waals surface area contributed by atoms with Crippen LogP contribution < -0.4 is 15.0 Å². The molecular weight excluding hydrogens is 320 g/mol. The van der Waals surface area contributed by atoms with Crippen molar-refractivity contribution < 1.29 is 9.53 Å². The molecule has 1 saturated heterocycles. The molecule has 3 rings (SSSR count). The number of carbonyl (C=O) groups is 1. The predicted octanol–water partition coefficient (Wildman–Crippen LogP) is 2.01. The van der Waals surface area contributed by atoms with Crippen LogP contribution in [0, 0.1) is 0 Å². The molecule has 1 N–H and O–H groups in total. The number of ether oxygens (including phenoxy) is 1. The summed E-state index contributed by atoms with van der Waals surface area (Å²) in [5.74, 6) is 1.13. The van der Waals surface area contributed by atoms with E-state index in [1.807, 2.05) is 13.8 Å². The zero-order chi connectivity index (χ0) is 17.6. The van der Waals surface area contributed by atoms with Crippen LogP contribution in [0.1, 0.15) is 13.8 Å². The zero-order valence-corrected chi connectivity index (χ0v) is 14.4. The van der Waals surface area contributed by atoms with E-state index in [9.17, 15) is 4.79 Å². The molecule has 8 nitrogen and oxygen atoms in total. The maximum absolute atomic E-state index is 12.5. The fourth-order valence-corrected chi connectivity index (χ4v) is 2.56. The topological polar surface area (TPSA) is 83.5 Å². The molecule has 2 amide bonds. The second-order valence-corrected chi connectivity index (χ2v) is 5.98. The van der Waals surface area contributed by atoms with Crippen LogP contribution in [-0.4, -0.2) is 58.2 Å². The molecule has 0 aromatic carbocycles. The first-order valence-electron chi connectivity index (χ1n) is 8.33. The van der Waals surface area contributed by atoms with Crippen LogP contribution in [0.15, 0.2) is 36.8 Å². The van der Waals surface area contributed by atoms with E-state index in [4.69, 9.17) is 4.74 Å². The minimum Gasteiger partial charge on any atom is -0.473 e. The fourth-order valence-electron chi connectivity index (χ4n) is 2.56. The summed E-state index contributed by atoms with van der Waals surface area (Å²) in [6, 6.07) is 5.19. The summed E-state index contributed by atoms with van der Waals surface area (Å²) in [5, 5.41) is 2.89. The molecule has 132 valence electrons. The molecule has 0 saturated carbocycles. The largest absolute Gasteiger partial charge is 0.473 e. The lowest BCUT2D eigenvalue weighted by molar-refractivity contribution is 0.207. The number of piperazine rings is 1. The Balaban J connectivity index is 1.58. The summed E-state index contributed by atoms with van der Waals surface area (Å²) in [6.07, 6.45) is 5.08. The number of pyridine rings is 1. The van der Waals surface area contributed by atoms with Crippen molar-refractivity contribution in [2.24, 2.45) is 0 Å². The minimum absolute atomic E-state index is 0.0139. The Bertz CT molecular complexity index is 701. The molecule has 2 aromatic heterocycles. The van der Waals surface area contributed by atoms with E-state index >= 15 is 0 Å². The third-order valence-corrected chi connectivity index (χ3v) is 3.76. The van der Waals surface area contributed by atoms with Gasteiger partial charge in [-0.2, -0.15) is 0 Å². The highest BCUT2D eigenvalue weighted by Crippen LogP contribution is 2.22. The number of aromatic nitrogens is 3. The Morgan fingerprint density at radius 1 is 1.08 bits per heavy atom. The first kappa shape index (κ1) is 16.9. The van der Waals surface area contributed by atoms with Gasteiger partial charge < -0.3 is 19.9 Å². The number of nitrogens with one attached hydrogen (secondary N) is 1. The number of hydrogen-bond acceptors (Lipinski definition) is 6. The summed E-state index contributed by atoms with van der Waals surface area (Å²) in [6.45, 7) is 6.44. The Morgan fingerprint density at radius 3 is 2.44 bits per heavy atom. The summed E-state index contributed by atoms with van der Waals surface area (Å²) in [5.41, 5.74) is 0.579. The Kier molecular flexibility index (Phi) is 5.27. The SMILES string of the molecule is CC(C)Oc1ncccc1NC(=O)N1CCN(c2ncccn2)CC1. The van der Waals surface area contributed by atoms with E-state index in [-0.39, 0.29) is 12.1 Å². The second kappa shape index (κ2) is 7.78. The lowest BCUT2D eigenvalue weighted by atomic mass is 10.3.